The van der Waals surface area contributed by atoms with Crippen LogP contribution in [0.15, 0.2) is 29.3 Å². The second-order valence-corrected chi connectivity index (χ2v) is 4.88. The zero-order valence-corrected chi connectivity index (χ0v) is 13.9. The van der Waals surface area contributed by atoms with E-state index in [0.717, 1.165) is 6.42 Å². The Bertz CT molecular complexity index is 539. The molecule has 0 aliphatic heterocycles. The van der Waals surface area contributed by atoms with Gasteiger partial charge in [0.1, 0.15) is 5.75 Å². The van der Waals surface area contributed by atoms with Gasteiger partial charge in [0.25, 0.3) is 0 Å². The number of rotatable bonds is 9. The Kier molecular flexibility index (Phi) is 9.18. The molecule has 3 N–H and O–H groups in total. The summed E-state index contributed by atoms with van der Waals surface area (Å²) in [6.07, 6.45) is 0.862. The van der Waals surface area contributed by atoms with Crippen LogP contribution < -0.4 is 20.7 Å². The molecule has 1 rings (SSSR count). The van der Waals surface area contributed by atoms with E-state index in [2.05, 4.69) is 25.7 Å². The van der Waals surface area contributed by atoms with E-state index in [-0.39, 0.29) is 24.7 Å². The molecule has 134 valence electrons. The Labute approximate surface area is 140 Å². The number of aliphatic imine (C=N–C) groups is 1. The van der Waals surface area contributed by atoms with Crippen LogP contribution in [0.1, 0.15) is 25.8 Å². The lowest BCUT2D eigenvalue weighted by Gasteiger charge is -2.12. The van der Waals surface area contributed by atoms with Crippen molar-refractivity contribution in [2.75, 3.05) is 19.6 Å². The predicted molar refractivity (Wildman–Crippen MR) is 89.2 cm³/mol. The van der Waals surface area contributed by atoms with Gasteiger partial charge in [0.05, 0.1) is 13.1 Å². The number of nitrogens with one attached hydrogen (secondary N) is 3. The molecule has 0 spiro atoms. The molecule has 0 aliphatic rings. The molecule has 0 fully saturated rings. The van der Waals surface area contributed by atoms with E-state index < -0.39 is 6.61 Å². The molecule has 0 aromatic heterocycles. The monoisotopic (exact) mass is 342 g/mol. The van der Waals surface area contributed by atoms with Gasteiger partial charge in [-0.25, -0.2) is 4.99 Å². The van der Waals surface area contributed by atoms with Crippen molar-refractivity contribution in [2.45, 2.75) is 33.4 Å². The van der Waals surface area contributed by atoms with Crippen LogP contribution in [0, 0.1) is 0 Å². The van der Waals surface area contributed by atoms with E-state index in [9.17, 15) is 13.6 Å². The number of para-hydroxylation sites is 1. The number of carbonyl (C=O) groups is 1. The number of alkyl halides is 2. The highest BCUT2D eigenvalue weighted by molar-refractivity contribution is 5.86. The number of guanidine groups is 1. The Hall–Kier alpha value is -2.38. The van der Waals surface area contributed by atoms with Crippen molar-refractivity contribution in [1.82, 2.24) is 16.0 Å². The second-order valence-electron chi connectivity index (χ2n) is 4.88. The number of carbonyl (C=O) groups excluding carboxylic acids is 1. The lowest BCUT2D eigenvalue weighted by molar-refractivity contribution is -0.120. The molecule has 1 amide bonds. The summed E-state index contributed by atoms with van der Waals surface area (Å²) in [4.78, 5) is 15.9. The molecule has 24 heavy (non-hydrogen) atoms. The van der Waals surface area contributed by atoms with Gasteiger partial charge in [-0.3, -0.25) is 4.79 Å². The molecule has 0 atom stereocenters. The summed E-state index contributed by atoms with van der Waals surface area (Å²) >= 11 is 0. The maximum atomic E-state index is 12.4. The van der Waals surface area contributed by atoms with Crippen LogP contribution in [0.4, 0.5) is 8.78 Å². The third kappa shape index (κ3) is 7.75. The number of amides is 1. The molecular weight excluding hydrogens is 318 g/mol. The summed E-state index contributed by atoms with van der Waals surface area (Å²) in [5.74, 6) is 0.382. The maximum Gasteiger partial charge on any atom is 0.387 e. The number of nitrogens with zero attached hydrogens (tertiary/aromatic N) is 1. The third-order valence-corrected chi connectivity index (χ3v) is 2.93. The van der Waals surface area contributed by atoms with E-state index in [0.29, 0.717) is 24.6 Å². The Morgan fingerprint density at radius 2 is 1.96 bits per heavy atom. The molecule has 0 bridgehead atoms. The topological polar surface area (TPSA) is 74.8 Å². The summed E-state index contributed by atoms with van der Waals surface area (Å²) in [5, 5.41) is 8.64. The van der Waals surface area contributed by atoms with Crippen molar-refractivity contribution < 1.29 is 18.3 Å². The molecule has 0 unspecified atom stereocenters. The first-order chi connectivity index (χ1) is 11.6. The molecular formula is C16H24F2N4O2. The first kappa shape index (κ1) is 19.7. The summed E-state index contributed by atoms with van der Waals surface area (Å²) < 4.78 is 29.3. The van der Waals surface area contributed by atoms with Crippen molar-refractivity contribution >= 4 is 11.9 Å². The smallest absolute Gasteiger partial charge is 0.387 e. The highest BCUT2D eigenvalue weighted by atomic mass is 19.3. The molecule has 0 radical (unpaired) electrons. The fourth-order valence-electron chi connectivity index (χ4n) is 1.84. The fourth-order valence-corrected chi connectivity index (χ4v) is 1.84. The van der Waals surface area contributed by atoms with Gasteiger partial charge in [0, 0.05) is 18.7 Å². The van der Waals surface area contributed by atoms with E-state index in [1.54, 1.807) is 18.2 Å². The molecule has 0 saturated heterocycles. The van der Waals surface area contributed by atoms with Crippen LogP contribution in [0.5, 0.6) is 5.75 Å². The third-order valence-electron chi connectivity index (χ3n) is 2.93. The summed E-state index contributed by atoms with van der Waals surface area (Å²) in [6, 6.07) is 6.47. The highest BCUT2D eigenvalue weighted by Crippen LogP contribution is 2.20. The van der Waals surface area contributed by atoms with Crippen molar-refractivity contribution in [2.24, 2.45) is 4.99 Å². The van der Waals surface area contributed by atoms with Crippen LogP contribution >= 0.6 is 0 Å². The minimum absolute atomic E-state index is 0.0843. The number of hydrogen-bond donors (Lipinski definition) is 3. The van der Waals surface area contributed by atoms with Gasteiger partial charge in [-0.15, -0.1) is 0 Å². The first-order valence-electron chi connectivity index (χ1n) is 7.88. The molecule has 8 heteroatoms. The lowest BCUT2D eigenvalue weighted by atomic mass is 10.2. The van der Waals surface area contributed by atoms with E-state index >= 15 is 0 Å². The number of ether oxygens (including phenoxy) is 1. The quantitative estimate of drug-likeness (QED) is 0.473. The fraction of sp³-hybridized carbons (Fsp3) is 0.500. The van der Waals surface area contributed by atoms with Gasteiger partial charge in [0.15, 0.2) is 5.96 Å². The normalized spacial score (nSPS) is 11.3. The number of halogens is 2. The minimum atomic E-state index is -2.89. The van der Waals surface area contributed by atoms with Crippen LogP contribution in [0.2, 0.25) is 0 Å². The van der Waals surface area contributed by atoms with Gasteiger partial charge in [0.2, 0.25) is 5.91 Å². The van der Waals surface area contributed by atoms with Gasteiger partial charge in [-0.1, -0.05) is 25.1 Å². The van der Waals surface area contributed by atoms with E-state index in [1.807, 2.05) is 13.8 Å². The van der Waals surface area contributed by atoms with Crippen LogP contribution in [-0.2, 0) is 11.3 Å². The standard InChI is InChI=1S/C16H24F2N4O2/c1-3-9-20-14(23)11-22-16(19-4-2)21-10-12-7-5-6-8-13(12)24-15(17)18/h5-8,15H,3-4,9-11H2,1-2H3,(H,20,23)(H2,19,21,22). The molecule has 6 nitrogen and oxygen atoms in total. The van der Waals surface area contributed by atoms with Crippen molar-refractivity contribution in [3.05, 3.63) is 29.8 Å². The van der Waals surface area contributed by atoms with Gasteiger partial charge in [-0.2, -0.15) is 8.78 Å². The summed E-state index contributed by atoms with van der Waals surface area (Å²) in [6.45, 7) is 2.43. The zero-order chi connectivity index (χ0) is 17.8. The number of hydrogen-bond acceptors (Lipinski definition) is 3. The van der Waals surface area contributed by atoms with E-state index in [4.69, 9.17) is 0 Å². The molecule has 1 aromatic carbocycles. The summed E-state index contributed by atoms with van der Waals surface area (Å²) in [7, 11) is 0. The first-order valence-corrected chi connectivity index (χ1v) is 7.88. The Morgan fingerprint density at radius 3 is 2.62 bits per heavy atom. The Morgan fingerprint density at radius 1 is 1.21 bits per heavy atom. The van der Waals surface area contributed by atoms with Crippen molar-refractivity contribution in [3.63, 3.8) is 0 Å². The minimum Gasteiger partial charge on any atom is -0.434 e. The van der Waals surface area contributed by atoms with E-state index in [1.165, 1.54) is 6.07 Å². The number of benzene rings is 1. The largest absolute Gasteiger partial charge is 0.434 e. The second kappa shape index (κ2) is 11.2. The van der Waals surface area contributed by atoms with Crippen molar-refractivity contribution in [1.29, 1.82) is 0 Å². The van der Waals surface area contributed by atoms with Crippen LogP contribution in [0.3, 0.4) is 0 Å². The Balaban J connectivity index is 2.67. The highest BCUT2D eigenvalue weighted by Gasteiger charge is 2.09. The molecule has 0 aliphatic carbocycles. The predicted octanol–water partition coefficient (Wildman–Crippen LogP) is 1.87. The lowest BCUT2D eigenvalue weighted by Crippen LogP contribution is -2.43. The van der Waals surface area contributed by atoms with Gasteiger partial charge < -0.3 is 20.7 Å². The van der Waals surface area contributed by atoms with Gasteiger partial charge >= 0.3 is 6.61 Å². The zero-order valence-electron chi connectivity index (χ0n) is 13.9. The van der Waals surface area contributed by atoms with Crippen LogP contribution in [0.25, 0.3) is 0 Å². The molecule has 0 saturated carbocycles. The molecule has 1 aromatic rings. The van der Waals surface area contributed by atoms with Crippen molar-refractivity contribution in [3.8, 4) is 5.75 Å². The summed E-state index contributed by atoms with van der Waals surface area (Å²) in [5.41, 5.74) is 0.533. The average Bonchev–Trinajstić information content (AvgIpc) is 2.56. The molecule has 0 heterocycles. The maximum absolute atomic E-state index is 12.4. The van der Waals surface area contributed by atoms with Crippen LogP contribution in [-0.4, -0.2) is 38.1 Å². The average molecular weight is 342 g/mol. The van der Waals surface area contributed by atoms with Gasteiger partial charge in [-0.05, 0) is 19.4 Å². The SMILES string of the molecule is CCCNC(=O)CNC(=NCc1ccccc1OC(F)F)NCC.